The van der Waals surface area contributed by atoms with Crippen LogP contribution in [0.15, 0.2) is 42.7 Å². The lowest BCUT2D eigenvalue weighted by Gasteiger charge is -2.31. The summed E-state index contributed by atoms with van der Waals surface area (Å²) in [5.74, 6) is 0. The van der Waals surface area contributed by atoms with E-state index in [2.05, 4.69) is 48.2 Å². The van der Waals surface area contributed by atoms with Crippen LogP contribution in [0, 0.1) is 0 Å². The van der Waals surface area contributed by atoms with Gasteiger partial charge in [-0.3, -0.25) is 9.58 Å². The Morgan fingerprint density at radius 3 is 2.53 bits per heavy atom. The number of hydrogen-bond donors (Lipinski definition) is 1. The third-order valence-corrected chi connectivity index (χ3v) is 3.30. The number of nitrogens with zero attached hydrogens (tertiary/aromatic N) is 3. The number of aromatic nitrogens is 2. The second kappa shape index (κ2) is 5.99. The Kier molecular flexibility index (Phi) is 4.35. The normalized spacial score (nSPS) is 14.6. The molecule has 2 aromatic rings. The van der Waals surface area contributed by atoms with Gasteiger partial charge in [0.1, 0.15) is 0 Å². The molecule has 4 heteroatoms. The molecule has 2 atom stereocenters. The zero-order valence-corrected chi connectivity index (χ0v) is 11.8. The first-order chi connectivity index (χ1) is 9.08. The van der Waals surface area contributed by atoms with Crippen molar-refractivity contribution in [2.45, 2.75) is 25.6 Å². The Bertz CT molecular complexity index is 504. The Morgan fingerprint density at radius 2 is 2.00 bits per heavy atom. The molecule has 2 rings (SSSR count). The summed E-state index contributed by atoms with van der Waals surface area (Å²) < 4.78 is 1.83. The highest BCUT2D eigenvalue weighted by Gasteiger charge is 2.21. The molecule has 4 nitrogen and oxygen atoms in total. The fourth-order valence-corrected chi connectivity index (χ4v) is 2.55. The lowest BCUT2D eigenvalue weighted by molar-refractivity contribution is 0.211. The molecule has 0 aliphatic heterocycles. The minimum atomic E-state index is 0.0732. The van der Waals surface area contributed by atoms with E-state index >= 15 is 0 Å². The second-order valence-electron chi connectivity index (χ2n) is 5.15. The van der Waals surface area contributed by atoms with Crippen LogP contribution in [0.1, 0.15) is 24.1 Å². The Balaban J connectivity index is 2.15. The van der Waals surface area contributed by atoms with Crippen molar-refractivity contribution in [3.8, 4) is 0 Å². The first kappa shape index (κ1) is 13.8. The SMILES string of the molecule is CC(N)C(c1ccccc1)N(C)Cc1cnn(C)c1. The van der Waals surface area contributed by atoms with E-state index in [1.165, 1.54) is 11.1 Å². The van der Waals surface area contributed by atoms with Gasteiger partial charge in [0.25, 0.3) is 0 Å². The summed E-state index contributed by atoms with van der Waals surface area (Å²) in [6.45, 7) is 2.90. The van der Waals surface area contributed by atoms with Crippen LogP contribution in [-0.4, -0.2) is 27.8 Å². The topological polar surface area (TPSA) is 47.1 Å². The zero-order chi connectivity index (χ0) is 13.8. The van der Waals surface area contributed by atoms with Gasteiger partial charge in [0.05, 0.1) is 6.20 Å². The smallest absolute Gasteiger partial charge is 0.0534 e. The van der Waals surface area contributed by atoms with E-state index in [1.807, 2.05) is 30.2 Å². The zero-order valence-electron chi connectivity index (χ0n) is 11.8. The van der Waals surface area contributed by atoms with Gasteiger partial charge in [0.2, 0.25) is 0 Å². The van der Waals surface area contributed by atoms with Crippen LogP contribution >= 0.6 is 0 Å². The highest BCUT2D eigenvalue weighted by atomic mass is 15.2. The van der Waals surface area contributed by atoms with E-state index < -0.39 is 0 Å². The summed E-state index contributed by atoms with van der Waals surface area (Å²) in [7, 11) is 4.04. The molecule has 1 aromatic heterocycles. The monoisotopic (exact) mass is 258 g/mol. The first-order valence-corrected chi connectivity index (χ1v) is 6.56. The molecule has 0 aliphatic rings. The lowest BCUT2D eigenvalue weighted by atomic mass is 9.99. The maximum Gasteiger partial charge on any atom is 0.0534 e. The Morgan fingerprint density at radius 1 is 1.32 bits per heavy atom. The molecule has 2 unspecified atom stereocenters. The number of nitrogens with two attached hydrogens (primary N) is 1. The van der Waals surface area contributed by atoms with Gasteiger partial charge >= 0.3 is 0 Å². The van der Waals surface area contributed by atoms with Crippen LogP contribution in [0.2, 0.25) is 0 Å². The molecule has 1 aromatic carbocycles. The third kappa shape index (κ3) is 3.43. The minimum Gasteiger partial charge on any atom is -0.326 e. The van der Waals surface area contributed by atoms with Crippen molar-refractivity contribution in [2.75, 3.05) is 7.05 Å². The molecular formula is C15H22N4. The molecular weight excluding hydrogens is 236 g/mol. The Labute approximate surface area is 114 Å². The van der Waals surface area contributed by atoms with Gasteiger partial charge in [-0.25, -0.2) is 0 Å². The fourth-order valence-electron chi connectivity index (χ4n) is 2.55. The van der Waals surface area contributed by atoms with Gasteiger partial charge in [0.15, 0.2) is 0 Å². The van der Waals surface area contributed by atoms with Crippen LogP contribution in [0.3, 0.4) is 0 Å². The lowest BCUT2D eigenvalue weighted by Crippen LogP contribution is -2.36. The Hall–Kier alpha value is -1.65. The highest BCUT2D eigenvalue weighted by molar-refractivity contribution is 5.20. The molecule has 1 heterocycles. The van der Waals surface area contributed by atoms with Crippen LogP contribution in [-0.2, 0) is 13.6 Å². The van der Waals surface area contributed by atoms with Gasteiger partial charge in [0, 0.05) is 37.4 Å². The van der Waals surface area contributed by atoms with Gasteiger partial charge in [-0.05, 0) is 19.5 Å². The summed E-state index contributed by atoms with van der Waals surface area (Å²) in [5, 5.41) is 4.21. The average Bonchev–Trinajstić information content (AvgIpc) is 2.75. The van der Waals surface area contributed by atoms with Crippen molar-refractivity contribution in [1.82, 2.24) is 14.7 Å². The van der Waals surface area contributed by atoms with Crippen LogP contribution in [0.4, 0.5) is 0 Å². The quantitative estimate of drug-likeness (QED) is 0.891. The van der Waals surface area contributed by atoms with Crippen molar-refractivity contribution in [1.29, 1.82) is 0 Å². The van der Waals surface area contributed by atoms with Gasteiger partial charge in [-0.15, -0.1) is 0 Å². The molecule has 0 amide bonds. The van der Waals surface area contributed by atoms with Crippen molar-refractivity contribution in [3.63, 3.8) is 0 Å². The largest absolute Gasteiger partial charge is 0.326 e. The fraction of sp³-hybridized carbons (Fsp3) is 0.400. The number of likely N-dealkylation sites (N-methyl/N-ethyl adjacent to an activating group) is 1. The van der Waals surface area contributed by atoms with E-state index in [9.17, 15) is 0 Å². The first-order valence-electron chi connectivity index (χ1n) is 6.56. The van der Waals surface area contributed by atoms with Crippen molar-refractivity contribution < 1.29 is 0 Å². The molecule has 0 fully saturated rings. The van der Waals surface area contributed by atoms with Crippen molar-refractivity contribution in [3.05, 3.63) is 53.9 Å². The van der Waals surface area contributed by atoms with Crippen molar-refractivity contribution >= 4 is 0 Å². The molecule has 19 heavy (non-hydrogen) atoms. The van der Waals surface area contributed by atoms with Crippen LogP contribution in [0.5, 0.6) is 0 Å². The van der Waals surface area contributed by atoms with Crippen LogP contribution < -0.4 is 5.73 Å². The maximum absolute atomic E-state index is 6.17. The molecule has 102 valence electrons. The number of aryl methyl sites for hydroxylation is 1. The van der Waals surface area contributed by atoms with Crippen molar-refractivity contribution in [2.24, 2.45) is 12.8 Å². The maximum atomic E-state index is 6.17. The summed E-state index contributed by atoms with van der Waals surface area (Å²) in [5.41, 5.74) is 8.62. The molecule has 0 saturated carbocycles. The summed E-state index contributed by atoms with van der Waals surface area (Å²) in [4.78, 5) is 2.27. The molecule has 0 aliphatic carbocycles. The van der Waals surface area contributed by atoms with Gasteiger partial charge in [-0.1, -0.05) is 30.3 Å². The van der Waals surface area contributed by atoms with E-state index in [0.717, 1.165) is 6.54 Å². The van der Waals surface area contributed by atoms with Gasteiger partial charge in [-0.2, -0.15) is 5.10 Å². The standard InChI is InChI=1S/C15H22N4/c1-12(16)15(14-7-5-4-6-8-14)18(2)10-13-9-17-19(3)11-13/h4-9,11-12,15H,10,16H2,1-3H3. The van der Waals surface area contributed by atoms with E-state index in [0.29, 0.717) is 0 Å². The van der Waals surface area contributed by atoms with E-state index in [1.54, 1.807) is 0 Å². The molecule has 0 radical (unpaired) electrons. The second-order valence-corrected chi connectivity index (χ2v) is 5.15. The highest BCUT2D eigenvalue weighted by Crippen LogP contribution is 2.23. The number of rotatable bonds is 5. The predicted octanol–water partition coefficient (Wildman–Crippen LogP) is 1.94. The minimum absolute atomic E-state index is 0.0732. The summed E-state index contributed by atoms with van der Waals surface area (Å²) >= 11 is 0. The van der Waals surface area contributed by atoms with E-state index in [4.69, 9.17) is 5.73 Å². The molecule has 0 spiro atoms. The van der Waals surface area contributed by atoms with Gasteiger partial charge < -0.3 is 5.73 Å². The molecule has 0 bridgehead atoms. The predicted molar refractivity (Wildman–Crippen MR) is 77.5 cm³/mol. The summed E-state index contributed by atoms with van der Waals surface area (Å²) in [6, 6.07) is 10.7. The molecule has 2 N–H and O–H groups in total. The summed E-state index contributed by atoms with van der Waals surface area (Å²) in [6.07, 6.45) is 3.94. The average molecular weight is 258 g/mol. The number of hydrogen-bond acceptors (Lipinski definition) is 3. The third-order valence-electron chi connectivity index (χ3n) is 3.30. The number of benzene rings is 1. The van der Waals surface area contributed by atoms with E-state index in [-0.39, 0.29) is 12.1 Å². The molecule has 0 saturated heterocycles. The van der Waals surface area contributed by atoms with Crippen LogP contribution in [0.25, 0.3) is 0 Å².